The topological polar surface area (TPSA) is 68.3 Å². The van der Waals surface area contributed by atoms with E-state index in [4.69, 9.17) is 21.4 Å². The van der Waals surface area contributed by atoms with Gasteiger partial charge in [0.1, 0.15) is 30.2 Å². The van der Waals surface area contributed by atoms with Gasteiger partial charge in [-0.05, 0) is 48.6 Å². The zero-order chi connectivity index (χ0) is 15.4. The molecule has 0 aliphatic rings. The van der Waals surface area contributed by atoms with E-state index in [-0.39, 0.29) is 0 Å². The van der Waals surface area contributed by atoms with E-state index in [1.165, 1.54) is 11.0 Å². The summed E-state index contributed by atoms with van der Waals surface area (Å²) >= 11 is 8.37. The second kappa shape index (κ2) is 6.71. The number of rotatable bonds is 5. The monoisotopic (exact) mass is 378 g/mol. The molecule has 112 valence electrons. The van der Waals surface area contributed by atoms with Crippen LogP contribution in [0.15, 0.2) is 56.7 Å². The minimum atomic E-state index is 0.348. The highest BCUT2D eigenvalue weighted by atomic mass is 79.9. The largest absolute Gasteiger partial charge is 0.486 e. The molecule has 0 unspecified atom stereocenters. The predicted octanol–water partition coefficient (Wildman–Crippen LogP) is 3.76. The average molecular weight is 379 g/mol. The fraction of sp³-hybridized carbons (Fsp3) is 0.0714. The highest BCUT2D eigenvalue weighted by Gasteiger charge is 2.02. The van der Waals surface area contributed by atoms with Gasteiger partial charge < -0.3 is 9.15 Å². The summed E-state index contributed by atoms with van der Waals surface area (Å²) in [5, 5.41) is 10.5. The molecule has 0 atom stereocenters. The Morgan fingerprint density at radius 1 is 1.32 bits per heavy atom. The molecule has 1 N–H and O–H groups in total. The third-order valence-corrected chi connectivity index (χ3v) is 3.53. The first-order chi connectivity index (χ1) is 10.7. The maximum absolute atomic E-state index is 5.63. The van der Waals surface area contributed by atoms with Crippen molar-refractivity contribution in [1.29, 1.82) is 0 Å². The number of aromatic amines is 1. The van der Waals surface area contributed by atoms with Crippen molar-refractivity contribution in [3.8, 4) is 5.75 Å². The fourth-order valence-corrected chi connectivity index (χ4v) is 2.08. The molecule has 0 aliphatic heterocycles. The number of nitrogens with zero attached hydrogens (tertiary/aromatic N) is 3. The molecule has 1 aromatic carbocycles. The summed E-state index contributed by atoms with van der Waals surface area (Å²) in [6, 6.07) is 11.3. The molecule has 22 heavy (non-hydrogen) atoms. The summed E-state index contributed by atoms with van der Waals surface area (Å²) in [6.45, 7) is 0.348. The number of ether oxygens (including phenoxy) is 1. The van der Waals surface area contributed by atoms with Crippen LogP contribution >= 0.6 is 28.1 Å². The lowest BCUT2D eigenvalue weighted by Gasteiger charge is -2.03. The number of aromatic nitrogens is 3. The van der Waals surface area contributed by atoms with E-state index < -0.39 is 0 Å². The number of nitrogens with one attached hydrogen (secondary N) is 1. The van der Waals surface area contributed by atoms with Crippen LogP contribution in [0.1, 0.15) is 11.5 Å². The number of H-pyrrole nitrogens is 1. The summed E-state index contributed by atoms with van der Waals surface area (Å²) in [4.78, 5) is 0. The van der Waals surface area contributed by atoms with Crippen molar-refractivity contribution in [3.63, 3.8) is 0 Å². The zero-order valence-corrected chi connectivity index (χ0v) is 13.7. The van der Waals surface area contributed by atoms with Gasteiger partial charge in [0.05, 0.1) is 6.21 Å². The van der Waals surface area contributed by atoms with Crippen molar-refractivity contribution in [1.82, 2.24) is 14.9 Å². The first-order valence-electron chi connectivity index (χ1n) is 6.34. The van der Waals surface area contributed by atoms with Gasteiger partial charge in [0.15, 0.2) is 0 Å². The van der Waals surface area contributed by atoms with Gasteiger partial charge in [0.2, 0.25) is 4.77 Å². The average Bonchev–Trinajstić information content (AvgIpc) is 3.13. The molecular weight excluding hydrogens is 368 g/mol. The van der Waals surface area contributed by atoms with E-state index in [1.54, 1.807) is 6.21 Å². The number of hydrogen-bond acceptors (Lipinski definition) is 5. The van der Waals surface area contributed by atoms with Gasteiger partial charge in [-0.15, -0.1) is 0 Å². The molecule has 0 bridgehead atoms. The molecule has 0 saturated heterocycles. The summed E-state index contributed by atoms with van der Waals surface area (Å²) in [7, 11) is 0. The van der Waals surface area contributed by atoms with Crippen LogP contribution in [0.25, 0.3) is 0 Å². The van der Waals surface area contributed by atoms with Gasteiger partial charge in [-0.25, -0.2) is 0 Å². The molecule has 6 nitrogen and oxygen atoms in total. The van der Waals surface area contributed by atoms with Crippen LogP contribution in [0.5, 0.6) is 5.75 Å². The van der Waals surface area contributed by atoms with Crippen molar-refractivity contribution < 1.29 is 9.15 Å². The minimum absolute atomic E-state index is 0.348. The molecule has 0 amide bonds. The normalized spacial score (nSPS) is 11.1. The van der Waals surface area contributed by atoms with Gasteiger partial charge in [0, 0.05) is 4.47 Å². The van der Waals surface area contributed by atoms with Crippen LogP contribution in [-0.4, -0.2) is 21.1 Å². The van der Waals surface area contributed by atoms with Crippen LogP contribution in [0.4, 0.5) is 0 Å². The Morgan fingerprint density at radius 3 is 2.86 bits per heavy atom. The highest BCUT2D eigenvalue weighted by Crippen LogP contribution is 2.17. The highest BCUT2D eigenvalue weighted by molar-refractivity contribution is 9.10. The fourth-order valence-electron chi connectivity index (χ4n) is 1.67. The second-order valence-electron chi connectivity index (χ2n) is 4.30. The molecule has 0 saturated carbocycles. The zero-order valence-electron chi connectivity index (χ0n) is 11.3. The van der Waals surface area contributed by atoms with Crippen LogP contribution in [0, 0.1) is 4.77 Å². The summed E-state index contributed by atoms with van der Waals surface area (Å²) in [5.74, 6) is 2.09. The standard InChI is InChI=1S/C14H11BrN4O2S/c15-10-1-3-11(4-2-10)20-8-13-6-5-12(21-13)7-17-19-9-16-18-14(19)22/h1-7,9H,8H2,(H,18,22). The molecule has 0 fully saturated rings. The lowest BCUT2D eigenvalue weighted by atomic mass is 10.3. The molecule has 2 aromatic heterocycles. The van der Waals surface area contributed by atoms with Crippen LogP contribution < -0.4 is 4.74 Å². The Balaban J connectivity index is 1.61. The van der Waals surface area contributed by atoms with E-state index in [1.807, 2.05) is 36.4 Å². The number of benzene rings is 1. The number of hydrogen-bond donors (Lipinski definition) is 1. The Bertz CT molecular complexity index is 835. The van der Waals surface area contributed by atoms with Gasteiger partial charge >= 0.3 is 0 Å². The third kappa shape index (κ3) is 3.71. The first-order valence-corrected chi connectivity index (χ1v) is 7.54. The Kier molecular flexibility index (Phi) is 4.50. The van der Waals surface area contributed by atoms with Gasteiger partial charge in [-0.2, -0.15) is 14.9 Å². The van der Waals surface area contributed by atoms with Crippen molar-refractivity contribution in [2.24, 2.45) is 5.10 Å². The molecular formula is C14H11BrN4O2S. The van der Waals surface area contributed by atoms with E-state index >= 15 is 0 Å². The summed E-state index contributed by atoms with van der Waals surface area (Å²) in [6.07, 6.45) is 3.05. The molecule has 2 heterocycles. The van der Waals surface area contributed by atoms with E-state index in [0.717, 1.165) is 10.2 Å². The third-order valence-electron chi connectivity index (χ3n) is 2.72. The molecule has 0 radical (unpaired) electrons. The molecule has 8 heteroatoms. The van der Waals surface area contributed by atoms with Crippen LogP contribution in [0.2, 0.25) is 0 Å². The Hall–Kier alpha value is -2.19. The SMILES string of the molecule is S=c1[nH]ncn1N=Cc1ccc(COc2ccc(Br)cc2)o1. The Labute approximate surface area is 139 Å². The molecule has 3 rings (SSSR count). The van der Waals surface area contributed by atoms with Gasteiger partial charge in [0.25, 0.3) is 0 Å². The van der Waals surface area contributed by atoms with Crippen LogP contribution in [0.3, 0.4) is 0 Å². The van der Waals surface area contributed by atoms with E-state index in [2.05, 4.69) is 31.2 Å². The summed E-state index contributed by atoms with van der Waals surface area (Å²) < 4.78 is 14.1. The first kappa shape index (κ1) is 14.7. The van der Waals surface area contributed by atoms with E-state index in [9.17, 15) is 0 Å². The second-order valence-corrected chi connectivity index (χ2v) is 5.60. The van der Waals surface area contributed by atoms with Crippen molar-refractivity contribution in [3.05, 3.63) is 63.5 Å². The van der Waals surface area contributed by atoms with Gasteiger partial charge in [-0.1, -0.05) is 15.9 Å². The van der Waals surface area contributed by atoms with Crippen molar-refractivity contribution in [2.75, 3.05) is 0 Å². The molecule has 0 spiro atoms. The predicted molar refractivity (Wildman–Crippen MR) is 87.6 cm³/mol. The quantitative estimate of drug-likeness (QED) is 0.542. The van der Waals surface area contributed by atoms with E-state index in [0.29, 0.717) is 22.9 Å². The molecule has 0 aliphatic carbocycles. The van der Waals surface area contributed by atoms with Crippen LogP contribution in [-0.2, 0) is 6.61 Å². The maximum Gasteiger partial charge on any atom is 0.216 e. The minimum Gasteiger partial charge on any atom is -0.486 e. The maximum atomic E-state index is 5.63. The lowest BCUT2D eigenvalue weighted by molar-refractivity contribution is 0.270. The smallest absolute Gasteiger partial charge is 0.216 e. The lowest BCUT2D eigenvalue weighted by Crippen LogP contribution is -1.93. The van der Waals surface area contributed by atoms with Crippen molar-refractivity contribution >= 4 is 34.4 Å². The van der Waals surface area contributed by atoms with Crippen molar-refractivity contribution in [2.45, 2.75) is 6.61 Å². The summed E-state index contributed by atoms with van der Waals surface area (Å²) in [5.41, 5.74) is 0. The van der Waals surface area contributed by atoms with Gasteiger partial charge in [-0.3, -0.25) is 5.10 Å². The number of furan rings is 1. The number of halogens is 1. The Morgan fingerprint density at radius 2 is 2.14 bits per heavy atom. The molecule has 3 aromatic rings.